The van der Waals surface area contributed by atoms with Crippen LogP contribution in [-0.4, -0.2) is 46.2 Å². The van der Waals surface area contributed by atoms with Gasteiger partial charge in [-0.25, -0.2) is 8.42 Å². The molecule has 8 nitrogen and oxygen atoms in total. The van der Waals surface area contributed by atoms with Crippen molar-refractivity contribution in [2.45, 2.75) is 24.7 Å². The number of aromatic nitrogens is 4. The Morgan fingerprint density at radius 3 is 2.52 bits per heavy atom. The van der Waals surface area contributed by atoms with Gasteiger partial charge in [-0.2, -0.15) is 14.4 Å². The highest BCUT2D eigenvalue weighted by molar-refractivity contribution is 7.89. The predicted octanol–water partition coefficient (Wildman–Crippen LogP) is 2.22. The molecule has 3 heterocycles. The van der Waals surface area contributed by atoms with Crippen LogP contribution in [0.15, 0.2) is 39.8 Å². The molecule has 2 aromatic heterocycles. The maximum absolute atomic E-state index is 12.5. The molecule has 0 unspecified atom stereocenters. The fourth-order valence-corrected chi connectivity index (χ4v) is 4.34. The number of aromatic amines is 1. The average molecular weight is 359 g/mol. The first kappa shape index (κ1) is 16.0. The number of nitrogens with zero attached hydrogens (tertiary/aromatic N) is 4. The molecule has 9 heteroatoms. The first-order valence-corrected chi connectivity index (χ1v) is 9.45. The van der Waals surface area contributed by atoms with E-state index in [4.69, 9.17) is 4.52 Å². The molecule has 0 spiro atoms. The van der Waals surface area contributed by atoms with Gasteiger partial charge in [-0.15, -0.1) is 0 Å². The highest BCUT2D eigenvalue weighted by atomic mass is 32.2. The minimum atomic E-state index is -3.42. The summed E-state index contributed by atoms with van der Waals surface area (Å²) in [5, 5.41) is 10.8. The van der Waals surface area contributed by atoms with Crippen LogP contribution in [0.5, 0.6) is 0 Å². The predicted molar refractivity (Wildman–Crippen MR) is 90.0 cm³/mol. The molecule has 130 valence electrons. The molecule has 0 atom stereocenters. The standard InChI is InChI=1S/C16H17N5O3S/c1-11-10-14(19-18-11)16-17-15(20-24-16)12-4-6-13(7-5-12)25(22,23)21-8-2-3-9-21/h4-7,10H,2-3,8-9H2,1H3,(H,18,19). The molecule has 4 rings (SSSR count). The van der Waals surface area contributed by atoms with Gasteiger partial charge in [-0.3, -0.25) is 5.10 Å². The van der Waals surface area contributed by atoms with E-state index in [2.05, 4.69) is 20.3 Å². The molecule has 0 radical (unpaired) electrons. The van der Waals surface area contributed by atoms with Crippen molar-refractivity contribution in [3.8, 4) is 23.0 Å². The summed E-state index contributed by atoms with van der Waals surface area (Å²) in [6, 6.07) is 8.35. The summed E-state index contributed by atoms with van der Waals surface area (Å²) in [6.07, 6.45) is 1.82. The zero-order valence-corrected chi connectivity index (χ0v) is 14.5. The van der Waals surface area contributed by atoms with Crippen LogP contribution in [0.4, 0.5) is 0 Å². The summed E-state index contributed by atoms with van der Waals surface area (Å²) < 4.78 is 31.8. The lowest BCUT2D eigenvalue weighted by atomic mass is 10.2. The second kappa shape index (κ2) is 6.08. The fourth-order valence-electron chi connectivity index (χ4n) is 2.83. The smallest absolute Gasteiger partial charge is 0.278 e. The zero-order chi connectivity index (χ0) is 17.4. The van der Waals surface area contributed by atoms with Crippen molar-refractivity contribution < 1.29 is 12.9 Å². The Kier molecular flexibility index (Phi) is 3.89. The van der Waals surface area contributed by atoms with Gasteiger partial charge in [0.15, 0.2) is 5.69 Å². The number of sulfonamides is 1. The molecule has 1 fully saturated rings. The van der Waals surface area contributed by atoms with E-state index in [1.807, 2.05) is 13.0 Å². The first-order chi connectivity index (χ1) is 12.0. The van der Waals surface area contributed by atoms with E-state index in [1.165, 1.54) is 4.31 Å². The highest BCUT2D eigenvalue weighted by Gasteiger charge is 2.27. The summed E-state index contributed by atoms with van der Waals surface area (Å²) in [7, 11) is -3.42. The molecule has 3 aromatic rings. The minimum Gasteiger partial charge on any atom is -0.332 e. The van der Waals surface area contributed by atoms with Crippen molar-refractivity contribution in [3.63, 3.8) is 0 Å². The van der Waals surface area contributed by atoms with Gasteiger partial charge in [0.2, 0.25) is 15.8 Å². The van der Waals surface area contributed by atoms with E-state index in [0.29, 0.717) is 36.1 Å². The van der Waals surface area contributed by atoms with Crippen LogP contribution in [0.25, 0.3) is 23.0 Å². The number of hydrogen-bond donors (Lipinski definition) is 1. The van der Waals surface area contributed by atoms with Crippen LogP contribution < -0.4 is 0 Å². The van der Waals surface area contributed by atoms with Crippen LogP contribution in [0.3, 0.4) is 0 Å². The van der Waals surface area contributed by atoms with E-state index in [1.54, 1.807) is 24.3 Å². The van der Waals surface area contributed by atoms with Gasteiger partial charge in [0, 0.05) is 24.3 Å². The molecule has 25 heavy (non-hydrogen) atoms. The molecule has 1 N–H and O–H groups in total. The first-order valence-electron chi connectivity index (χ1n) is 8.01. The Labute approximate surface area is 144 Å². The Hall–Kier alpha value is -2.52. The number of benzene rings is 1. The van der Waals surface area contributed by atoms with Gasteiger partial charge in [-0.05, 0) is 50.1 Å². The molecule has 0 saturated carbocycles. The van der Waals surface area contributed by atoms with Crippen LogP contribution in [0.1, 0.15) is 18.5 Å². The van der Waals surface area contributed by atoms with Crippen molar-refractivity contribution in [2.24, 2.45) is 0 Å². The molecule has 0 bridgehead atoms. The van der Waals surface area contributed by atoms with Gasteiger partial charge >= 0.3 is 0 Å². The molecule has 1 aromatic carbocycles. The van der Waals surface area contributed by atoms with Crippen molar-refractivity contribution in [1.29, 1.82) is 0 Å². The van der Waals surface area contributed by atoms with E-state index in [-0.39, 0.29) is 4.90 Å². The number of rotatable bonds is 4. The Bertz CT molecular complexity index is 985. The van der Waals surface area contributed by atoms with Crippen molar-refractivity contribution >= 4 is 10.0 Å². The summed E-state index contributed by atoms with van der Waals surface area (Å²) >= 11 is 0. The van der Waals surface area contributed by atoms with Gasteiger partial charge in [0.05, 0.1) is 4.90 Å². The maximum Gasteiger partial charge on any atom is 0.278 e. The lowest BCUT2D eigenvalue weighted by Gasteiger charge is -2.15. The zero-order valence-electron chi connectivity index (χ0n) is 13.6. The summed E-state index contributed by atoms with van der Waals surface area (Å²) in [6.45, 7) is 3.05. The van der Waals surface area contributed by atoms with Crippen LogP contribution in [0.2, 0.25) is 0 Å². The van der Waals surface area contributed by atoms with Crippen LogP contribution >= 0.6 is 0 Å². The maximum atomic E-state index is 12.5. The number of aryl methyl sites for hydroxylation is 1. The van der Waals surface area contributed by atoms with Crippen LogP contribution in [0, 0.1) is 6.92 Å². The third-order valence-electron chi connectivity index (χ3n) is 4.17. The second-order valence-electron chi connectivity index (χ2n) is 5.99. The van der Waals surface area contributed by atoms with E-state index < -0.39 is 10.0 Å². The van der Waals surface area contributed by atoms with E-state index in [9.17, 15) is 8.42 Å². The molecular formula is C16H17N5O3S. The number of nitrogens with one attached hydrogen (secondary N) is 1. The minimum absolute atomic E-state index is 0.282. The van der Waals surface area contributed by atoms with E-state index in [0.717, 1.165) is 18.5 Å². The molecule has 1 saturated heterocycles. The molecule has 0 aliphatic carbocycles. The molecule has 1 aliphatic rings. The topological polar surface area (TPSA) is 105 Å². The average Bonchev–Trinajstić information content (AvgIpc) is 3.36. The third-order valence-corrected chi connectivity index (χ3v) is 6.08. The lowest BCUT2D eigenvalue weighted by Crippen LogP contribution is -2.27. The Morgan fingerprint density at radius 1 is 1.16 bits per heavy atom. The second-order valence-corrected chi connectivity index (χ2v) is 7.93. The van der Waals surface area contributed by atoms with Crippen LogP contribution in [-0.2, 0) is 10.0 Å². The lowest BCUT2D eigenvalue weighted by molar-refractivity contribution is 0.431. The quantitative estimate of drug-likeness (QED) is 0.766. The van der Waals surface area contributed by atoms with Crippen molar-refractivity contribution in [3.05, 3.63) is 36.0 Å². The molecular weight excluding hydrogens is 342 g/mol. The normalized spacial score (nSPS) is 15.7. The Morgan fingerprint density at radius 2 is 1.88 bits per heavy atom. The largest absolute Gasteiger partial charge is 0.332 e. The monoisotopic (exact) mass is 359 g/mol. The van der Waals surface area contributed by atoms with Gasteiger partial charge in [-0.1, -0.05) is 5.16 Å². The SMILES string of the molecule is Cc1cc(-c2nc(-c3ccc(S(=O)(=O)N4CCCC4)cc3)no2)n[nH]1. The highest BCUT2D eigenvalue weighted by Crippen LogP contribution is 2.25. The summed E-state index contributed by atoms with van der Waals surface area (Å²) in [5.41, 5.74) is 2.15. The molecule has 1 aliphatic heterocycles. The molecule has 0 amide bonds. The van der Waals surface area contributed by atoms with Crippen molar-refractivity contribution in [2.75, 3.05) is 13.1 Å². The Balaban J connectivity index is 1.59. The third kappa shape index (κ3) is 2.96. The van der Waals surface area contributed by atoms with Gasteiger partial charge in [0.1, 0.15) is 0 Å². The van der Waals surface area contributed by atoms with Gasteiger partial charge in [0.25, 0.3) is 5.89 Å². The number of hydrogen-bond acceptors (Lipinski definition) is 6. The summed E-state index contributed by atoms with van der Waals surface area (Å²) in [4.78, 5) is 4.60. The van der Waals surface area contributed by atoms with Crippen molar-refractivity contribution in [1.82, 2.24) is 24.6 Å². The number of H-pyrrole nitrogens is 1. The van der Waals surface area contributed by atoms with Gasteiger partial charge < -0.3 is 4.52 Å². The summed E-state index contributed by atoms with van der Waals surface area (Å²) in [5.74, 6) is 0.703. The van der Waals surface area contributed by atoms with E-state index >= 15 is 0 Å². The fraction of sp³-hybridized carbons (Fsp3) is 0.312.